The minimum Gasteiger partial charge on any atom is -0.478 e. The van der Waals surface area contributed by atoms with Gasteiger partial charge in [-0.3, -0.25) is 0 Å². The molecule has 0 aliphatic heterocycles. The third kappa shape index (κ3) is 5.40. The molecule has 0 saturated heterocycles. The van der Waals surface area contributed by atoms with Crippen LogP contribution in [-0.2, 0) is 4.79 Å². The fraction of sp³-hybridized carbons (Fsp3) is 0.444. The smallest absolute Gasteiger partial charge is 0.331 e. The van der Waals surface area contributed by atoms with Crippen LogP contribution in [0.1, 0.15) is 26.2 Å². The van der Waals surface area contributed by atoms with Crippen molar-refractivity contribution in [2.45, 2.75) is 26.2 Å². The summed E-state index contributed by atoms with van der Waals surface area (Å²) in [7, 11) is 0. The van der Waals surface area contributed by atoms with Crippen molar-refractivity contribution >= 4 is 5.97 Å². The molecule has 0 rings (SSSR count). The number of hydrogen-bond donors (Lipinski definition) is 1. The van der Waals surface area contributed by atoms with E-state index in [1.807, 2.05) is 12.2 Å². The van der Waals surface area contributed by atoms with E-state index in [1.165, 1.54) is 0 Å². The number of aliphatic carboxylic acids is 1. The van der Waals surface area contributed by atoms with Crippen LogP contribution in [0.3, 0.4) is 0 Å². The second-order valence-electron chi connectivity index (χ2n) is 2.37. The van der Waals surface area contributed by atoms with Crippen molar-refractivity contribution in [2.75, 3.05) is 0 Å². The van der Waals surface area contributed by atoms with Crippen molar-refractivity contribution in [1.82, 2.24) is 0 Å². The van der Waals surface area contributed by atoms with Gasteiger partial charge in [0, 0.05) is 5.57 Å². The van der Waals surface area contributed by atoms with Gasteiger partial charge in [0.05, 0.1) is 0 Å². The van der Waals surface area contributed by atoms with Crippen molar-refractivity contribution in [1.29, 1.82) is 0 Å². The molecule has 0 radical (unpaired) electrons. The molecule has 0 aromatic rings. The lowest BCUT2D eigenvalue weighted by Crippen LogP contribution is -1.96. The summed E-state index contributed by atoms with van der Waals surface area (Å²) in [5.41, 5.74) is 0.248. The molecular weight excluding hydrogens is 140 g/mol. The predicted octanol–water partition coefficient (Wildman–Crippen LogP) is 2.37. The quantitative estimate of drug-likeness (QED) is 0.487. The zero-order chi connectivity index (χ0) is 8.69. The van der Waals surface area contributed by atoms with Crippen LogP contribution < -0.4 is 0 Å². The first kappa shape index (κ1) is 9.95. The Morgan fingerprint density at radius 2 is 2.18 bits per heavy atom. The van der Waals surface area contributed by atoms with Crippen molar-refractivity contribution in [3.05, 3.63) is 24.3 Å². The van der Waals surface area contributed by atoms with Gasteiger partial charge in [0.1, 0.15) is 0 Å². The number of rotatable bonds is 5. The molecule has 1 N–H and O–H groups in total. The summed E-state index contributed by atoms with van der Waals surface area (Å²) < 4.78 is 0. The Labute approximate surface area is 67.2 Å². The molecule has 0 saturated carbocycles. The Hall–Kier alpha value is -1.05. The molecule has 0 heterocycles. The van der Waals surface area contributed by atoms with Crippen LogP contribution >= 0.6 is 0 Å². The lowest BCUT2D eigenvalue weighted by Gasteiger charge is -1.91. The summed E-state index contributed by atoms with van der Waals surface area (Å²) in [5.74, 6) is -0.911. The van der Waals surface area contributed by atoms with Gasteiger partial charge in [-0.2, -0.15) is 0 Å². The normalized spacial score (nSPS) is 10.3. The molecule has 2 heteroatoms. The topological polar surface area (TPSA) is 37.3 Å². The molecule has 62 valence electrons. The zero-order valence-electron chi connectivity index (χ0n) is 6.84. The van der Waals surface area contributed by atoms with Crippen LogP contribution in [0.4, 0.5) is 0 Å². The van der Waals surface area contributed by atoms with E-state index in [1.54, 1.807) is 0 Å². The maximum Gasteiger partial charge on any atom is 0.331 e. The highest BCUT2D eigenvalue weighted by Crippen LogP contribution is 2.00. The van der Waals surface area contributed by atoms with Crippen molar-refractivity contribution < 1.29 is 9.90 Å². The summed E-state index contributed by atoms with van der Waals surface area (Å²) in [4.78, 5) is 10.2. The summed E-state index contributed by atoms with van der Waals surface area (Å²) in [5, 5.41) is 8.41. The molecule has 0 atom stereocenters. The van der Waals surface area contributed by atoms with Gasteiger partial charge in [-0.25, -0.2) is 4.79 Å². The van der Waals surface area contributed by atoms with Crippen LogP contribution in [0.5, 0.6) is 0 Å². The summed E-state index contributed by atoms with van der Waals surface area (Å²) in [6.45, 7) is 5.48. The van der Waals surface area contributed by atoms with Gasteiger partial charge in [-0.1, -0.05) is 32.1 Å². The Balaban J connectivity index is 3.53. The fourth-order valence-electron chi connectivity index (χ4n) is 0.597. The van der Waals surface area contributed by atoms with Gasteiger partial charge in [0.2, 0.25) is 0 Å². The van der Waals surface area contributed by atoms with Crippen LogP contribution in [0.15, 0.2) is 24.3 Å². The second kappa shape index (κ2) is 5.71. The molecule has 0 aliphatic carbocycles. The van der Waals surface area contributed by atoms with Crippen molar-refractivity contribution in [2.24, 2.45) is 0 Å². The highest BCUT2D eigenvalue weighted by Gasteiger charge is 1.98. The zero-order valence-corrected chi connectivity index (χ0v) is 6.84. The maximum absolute atomic E-state index is 10.2. The minimum atomic E-state index is -0.911. The molecule has 0 amide bonds. The first-order chi connectivity index (χ1) is 5.18. The first-order valence-electron chi connectivity index (χ1n) is 3.74. The van der Waals surface area contributed by atoms with E-state index >= 15 is 0 Å². The number of unbranched alkanes of at least 4 members (excludes halogenated alkanes) is 1. The number of carboxylic acid groups (broad SMARTS) is 1. The largest absolute Gasteiger partial charge is 0.478 e. The van der Waals surface area contributed by atoms with Crippen LogP contribution in [-0.4, -0.2) is 11.1 Å². The number of carbonyl (C=O) groups is 1. The van der Waals surface area contributed by atoms with E-state index in [0.717, 1.165) is 12.8 Å². The molecule has 0 bridgehead atoms. The SMILES string of the molecule is C=C(CC=CCCC)C(=O)O. The molecule has 0 aliphatic rings. The van der Waals surface area contributed by atoms with Crippen LogP contribution in [0.2, 0.25) is 0 Å². The lowest BCUT2D eigenvalue weighted by molar-refractivity contribution is -0.132. The highest BCUT2D eigenvalue weighted by molar-refractivity contribution is 5.85. The summed E-state index contributed by atoms with van der Waals surface area (Å²) in [6.07, 6.45) is 6.38. The number of hydrogen-bond acceptors (Lipinski definition) is 1. The van der Waals surface area contributed by atoms with E-state index in [2.05, 4.69) is 13.5 Å². The number of carboxylic acids is 1. The van der Waals surface area contributed by atoms with Gasteiger partial charge >= 0.3 is 5.97 Å². The minimum absolute atomic E-state index is 0.248. The van der Waals surface area contributed by atoms with Crippen LogP contribution in [0, 0.1) is 0 Å². The van der Waals surface area contributed by atoms with E-state index in [9.17, 15) is 4.79 Å². The third-order valence-electron chi connectivity index (χ3n) is 1.29. The van der Waals surface area contributed by atoms with Crippen molar-refractivity contribution in [3.63, 3.8) is 0 Å². The van der Waals surface area contributed by atoms with E-state index < -0.39 is 5.97 Å². The molecule has 0 aromatic heterocycles. The first-order valence-corrected chi connectivity index (χ1v) is 3.74. The highest BCUT2D eigenvalue weighted by atomic mass is 16.4. The second-order valence-corrected chi connectivity index (χ2v) is 2.37. The molecule has 0 aromatic carbocycles. The molecule has 0 fully saturated rings. The Kier molecular flexibility index (Phi) is 5.17. The van der Waals surface area contributed by atoms with Crippen LogP contribution in [0.25, 0.3) is 0 Å². The van der Waals surface area contributed by atoms with Gasteiger partial charge in [-0.15, -0.1) is 0 Å². The predicted molar refractivity (Wildman–Crippen MR) is 45.4 cm³/mol. The summed E-state index contributed by atoms with van der Waals surface area (Å²) >= 11 is 0. The molecule has 2 nitrogen and oxygen atoms in total. The maximum atomic E-state index is 10.2. The van der Waals surface area contributed by atoms with E-state index in [0.29, 0.717) is 6.42 Å². The average Bonchev–Trinajstić information content (AvgIpc) is 1.97. The van der Waals surface area contributed by atoms with Gasteiger partial charge in [-0.05, 0) is 12.8 Å². The molecular formula is C9H14O2. The van der Waals surface area contributed by atoms with Crippen molar-refractivity contribution in [3.8, 4) is 0 Å². The average molecular weight is 154 g/mol. The lowest BCUT2D eigenvalue weighted by atomic mass is 10.2. The monoisotopic (exact) mass is 154 g/mol. The van der Waals surface area contributed by atoms with E-state index in [-0.39, 0.29) is 5.57 Å². The number of allylic oxidation sites excluding steroid dienone is 2. The third-order valence-corrected chi connectivity index (χ3v) is 1.29. The fourth-order valence-corrected chi connectivity index (χ4v) is 0.597. The van der Waals surface area contributed by atoms with Gasteiger partial charge in [0.25, 0.3) is 0 Å². The van der Waals surface area contributed by atoms with Gasteiger partial charge < -0.3 is 5.11 Å². The molecule has 11 heavy (non-hydrogen) atoms. The molecule has 0 unspecified atom stereocenters. The summed E-state index contributed by atoms with van der Waals surface area (Å²) in [6, 6.07) is 0. The Morgan fingerprint density at radius 1 is 1.55 bits per heavy atom. The Morgan fingerprint density at radius 3 is 2.64 bits per heavy atom. The standard InChI is InChI=1S/C9H14O2/c1-3-4-5-6-7-8(2)9(10)11/h5-6H,2-4,7H2,1H3,(H,10,11). The van der Waals surface area contributed by atoms with E-state index in [4.69, 9.17) is 5.11 Å². The Bertz CT molecular complexity index is 168. The molecule has 0 spiro atoms. The van der Waals surface area contributed by atoms with Gasteiger partial charge in [0.15, 0.2) is 0 Å².